The van der Waals surface area contributed by atoms with Gasteiger partial charge in [0.25, 0.3) is 0 Å². The number of halogens is 2. The molecule has 0 unspecified atom stereocenters. The SMILES string of the molecule is Cc1nc([C@@]2(O)CCCN(C(=O)C(C)C)CC2)sc1CCOc1ccc(F)c(F)c1. The molecule has 0 aliphatic carbocycles. The lowest BCUT2D eigenvalue weighted by atomic mass is 9.96. The lowest BCUT2D eigenvalue weighted by molar-refractivity contribution is -0.134. The summed E-state index contributed by atoms with van der Waals surface area (Å²) in [7, 11) is 0. The van der Waals surface area contributed by atoms with Crippen molar-refractivity contribution < 1.29 is 23.4 Å². The highest BCUT2D eigenvalue weighted by Gasteiger charge is 2.36. The average molecular weight is 439 g/mol. The molecule has 1 aliphatic heterocycles. The van der Waals surface area contributed by atoms with Crippen molar-refractivity contribution in [3.05, 3.63) is 45.4 Å². The van der Waals surface area contributed by atoms with Crippen LogP contribution in [-0.2, 0) is 16.8 Å². The van der Waals surface area contributed by atoms with Crippen molar-refractivity contribution in [2.45, 2.75) is 52.1 Å². The summed E-state index contributed by atoms with van der Waals surface area (Å²) in [6.07, 6.45) is 2.30. The zero-order valence-corrected chi connectivity index (χ0v) is 18.4. The maximum atomic E-state index is 13.3. The fraction of sp³-hybridized carbons (Fsp3) is 0.545. The fourth-order valence-electron chi connectivity index (χ4n) is 3.61. The van der Waals surface area contributed by atoms with Crippen molar-refractivity contribution in [2.24, 2.45) is 5.92 Å². The summed E-state index contributed by atoms with van der Waals surface area (Å²) in [6, 6.07) is 3.45. The molecule has 1 aromatic carbocycles. The van der Waals surface area contributed by atoms with E-state index in [0.717, 1.165) is 29.1 Å². The Bertz CT molecular complexity index is 903. The quantitative estimate of drug-likeness (QED) is 0.734. The second kappa shape index (κ2) is 9.39. The van der Waals surface area contributed by atoms with Crippen LogP contribution in [0.2, 0.25) is 0 Å². The van der Waals surface area contributed by atoms with E-state index in [9.17, 15) is 18.7 Å². The van der Waals surface area contributed by atoms with Crippen LogP contribution in [0.5, 0.6) is 5.75 Å². The van der Waals surface area contributed by atoms with Gasteiger partial charge in [-0.15, -0.1) is 11.3 Å². The molecule has 8 heteroatoms. The van der Waals surface area contributed by atoms with E-state index in [1.165, 1.54) is 17.4 Å². The Balaban J connectivity index is 1.63. The highest BCUT2D eigenvalue weighted by molar-refractivity contribution is 7.11. The number of benzene rings is 1. The summed E-state index contributed by atoms with van der Waals surface area (Å²) >= 11 is 1.45. The summed E-state index contributed by atoms with van der Waals surface area (Å²) in [6.45, 7) is 7.13. The average Bonchev–Trinajstić information content (AvgIpc) is 2.95. The Morgan fingerprint density at radius 1 is 1.30 bits per heavy atom. The first-order chi connectivity index (χ1) is 14.2. The maximum absolute atomic E-state index is 13.3. The molecular weight excluding hydrogens is 410 g/mol. The van der Waals surface area contributed by atoms with Crippen LogP contribution in [0.1, 0.15) is 48.7 Å². The van der Waals surface area contributed by atoms with Gasteiger partial charge in [0.15, 0.2) is 11.6 Å². The van der Waals surface area contributed by atoms with E-state index in [1.807, 2.05) is 25.7 Å². The minimum absolute atomic E-state index is 0.0560. The highest BCUT2D eigenvalue weighted by atomic mass is 32.1. The molecule has 1 aliphatic rings. The van der Waals surface area contributed by atoms with E-state index >= 15 is 0 Å². The molecule has 30 heavy (non-hydrogen) atoms. The number of nitrogens with zero attached hydrogens (tertiary/aromatic N) is 2. The number of hydrogen-bond donors (Lipinski definition) is 1. The smallest absolute Gasteiger partial charge is 0.225 e. The molecule has 1 N–H and O–H groups in total. The van der Waals surface area contributed by atoms with Crippen LogP contribution in [-0.4, -0.2) is 40.6 Å². The van der Waals surface area contributed by atoms with Crippen molar-refractivity contribution >= 4 is 17.2 Å². The van der Waals surface area contributed by atoms with Gasteiger partial charge in [0.1, 0.15) is 16.4 Å². The molecule has 2 heterocycles. The van der Waals surface area contributed by atoms with E-state index in [0.29, 0.717) is 44.0 Å². The van der Waals surface area contributed by atoms with Gasteiger partial charge in [-0.2, -0.15) is 0 Å². The number of thiazole rings is 1. The molecule has 1 fully saturated rings. The first-order valence-corrected chi connectivity index (χ1v) is 11.1. The predicted molar refractivity (Wildman–Crippen MR) is 112 cm³/mol. The van der Waals surface area contributed by atoms with Crippen LogP contribution in [0, 0.1) is 24.5 Å². The minimum atomic E-state index is -1.04. The Morgan fingerprint density at radius 2 is 2.07 bits per heavy atom. The first-order valence-electron chi connectivity index (χ1n) is 10.3. The molecule has 164 valence electrons. The zero-order chi connectivity index (χ0) is 21.9. The van der Waals surface area contributed by atoms with Gasteiger partial charge in [0.05, 0.1) is 12.3 Å². The van der Waals surface area contributed by atoms with Gasteiger partial charge in [0, 0.05) is 42.8 Å². The maximum Gasteiger partial charge on any atom is 0.225 e. The summed E-state index contributed by atoms with van der Waals surface area (Å²) in [4.78, 5) is 19.7. The second-order valence-corrected chi connectivity index (χ2v) is 9.15. The van der Waals surface area contributed by atoms with Crippen molar-refractivity contribution in [2.75, 3.05) is 19.7 Å². The number of ether oxygens (including phenoxy) is 1. The number of carbonyl (C=O) groups is 1. The van der Waals surface area contributed by atoms with Crippen molar-refractivity contribution in [1.29, 1.82) is 0 Å². The molecule has 5 nitrogen and oxygen atoms in total. The molecular formula is C22H28F2N2O3S. The van der Waals surface area contributed by atoms with Gasteiger partial charge >= 0.3 is 0 Å². The number of amides is 1. The van der Waals surface area contributed by atoms with Crippen LogP contribution in [0.15, 0.2) is 18.2 Å². The Morgan fingerprint density at radius 3 is 2.77 bits per heavy atom. The second-order valence-electron chi connectivity index (χ2n) is 8.07. The number of aromatic nitrogens is 1. The third-order valence-corrected chi connectivity index (χ3v) is 6.81. The van der Waals surface area contributed by atoms with E-state index in [2.05, 4.69) is 4.98 Å². The van der Waals surface area contributed by atoms with E-state index in [-0.39, 0.29) is 17.6 Å². The molecule has 0 radical (unpaired) electrons. The number of aliphatic hydroxyl groups is 1. The number of hydrogen-bond acceptors (Lipinski definition) is 5. The third kappa shape index (κ3) is 5.16. The van der Waals surface area contributed by atoms with Crippen molar-refractivity contribution in [1.82, 2.24) is 9.88 Å². The zero-order valence-electron chi connectivity index (χ0n) is 17.6. The van der Waals surface area contributed by atoms with E-state index in [1.54, 1.807) is 0 Å². The fourth-order valence-corrected chi connectivity index (χ4v) is 4.79. The van der Waals surface area contributed by atoms with E-state index < -0.39 is 17.2 Å². The van der Waals surface area contributed by atoms with Crippen LogP contribution in [0.25, 0.3) is 0 Å². The van der Waals surface area contributed by atoms with Gasteiger partial charge in [-0.05, 0) is 31.9 Å². The Kier molecular flexibility index (Phi) is 7.08. The molecule has 1 amide bonds. The lowest BCUT2D eigenvalue weighted by Crippen LogP contribution is -2.36. The van der Waals surface area contributed by atoms with Gasteiger partial charge < -0.3 is 14.7 Å². The van der Waals surface area contributed by atoms with Crippen LogP contribution in [0.4, 0.5) is 8.78 Å². The largest absolute Gasteiger partial charge is 0.493 e. The monoisotopic (exact) mass is 438 g/mol. The molecule has 1 aromatic heterocycles. The summed E-state index contributed by atoms with van der Waals surface area (Å²) in [5.74, 6) is -1.52. The first kappa shape index (κ1) is 22.6. The van der Waals surface area contributed by atoms with Crippen LogP contribution < -0.4 is 4.74 Å². The van der Waals surface area contributed by atoms with Crippen LogP contribution >= 0.6 is 11.3 Å². The number of rotatable bonds is 6. The van der Waals surface area contributed by atoms with Crippen molar-refractivity contribution in [3.8, 4) is 5.75 Å². The standard InChI is InChI=1S/C22H28F2N2O3S/c1-14(2)20(27)26-10-4-8-22(28,9-11-26)21-25-15(3)19(30-21)7-12-29-16-5-6-17(23)18(24)13-16/h5-6,13-14,28H,4,7-12H2,1-3H3/t22-/m1/s1. The van der Waals surface area contributed by atoms with Crippen molar-refractivity contribution in [3.63, 3.8) is 0 Å². The minimum Gasteiger partial charge on any atom is -0.493 e. The molecule has 0 spiro atoms. The predicted octanol–water partition coefficient (Wildman–Crippen LogP) is 4.21. The molecule has 0 saturated carbocycles. The molecule has 2 aromatic rings. The molecule has 1 saturated heterocycles. The lowest BCUT2D eigenvalue weighted by Gasteiger charge is -2.25. The topological polar surface area (TPSA) is 62.7 Å². The van der Waals surface area contributed by atoms with Gasteiger partial charge in [-0.25, -0.2) is 13.8 Å². The summed E-state index contributed by atoms with van der Waals surface area (Å²) in [5, 5.41) is 11.9. The Hall–Kier alpha value is -2.06. The van der Waals surface area contributed by atoms with Crippen LogP contribution in [0.3, 0.4) is 0 Å². The summed E-state index contributed by atoms with van der Waals surface area (Å²) < 4.78 is 31.8. The highest BCUT2D eigenvalue weighted by Crippen LogP contribution is 2.37. The van der Waals surface area contributed by atoms with Gasteiger partial charge in [-0.1, -0.05) is 13.8 Å². The van der Waals surface area contributed by atoms with E-state index in [4.69, 9.17) is 4.74 Å². The Labute approximate surface area is 179 Å². The van der Waals surface area contributed by atoms with Gasteiger partial charge in [0.2, 0.25) is 5.91 Å². The normalized spacial score (nSPS) is 19.8. The van der Waals surface area contributed by atoms with Gasteiger partial charge in [-0.3, -0.25) is 4.79 Å². The third-order valence-electron chi connectivity index (χ3n) is 5.40. The molecule has 1 atom stereocenters. The number of carbonyl (C=O) groups excluding carboxylic acids is 1. The number of aryl methyl sites for hydroxylation is 1. The summed E-state index contributed by atoms with van der Waals surface area (Å²) in [5.41, 5.74) is -0.211. The number of likely N-dealkylation sites (tertiary alicyclic amines) is 1. The molecule has 3 rings (SSSR count). The molecule has 0 bridgehead atoms.